The van der Waals surface area contributed by atoms with Crippen LogP contribution in [-0.4, -0.2) is 19.8 Å². The number of hydrogen-bond acceptors (Lipinski definition) is 5. The largest absolute Gasteiger partial charge is 0.523 e. The Morgan fingerprint density at radius 1 is 1.29 bits per heavy atom. The van der Waals surface area contributed by atoms with Gasteiger partial charge in [0.05, 0.1) is 0 Å². The van der Waals surface area contributed by atoms with E-state index in [0.29, 0.717) is 6.42 Å². The third-order valence-electron chi connectivity index (χ3n) is 1.19. The molecule has 0 aromatic rings. The molecule has 0 aliphatic heterocycles. The molecule has 0 aliphatic carbocycles. The molecule has 4 N–H and O–H groups in total. The molecule has 14 heavy (non-hydrogen) atoms. The zero-order valence-electron chi connectivity index (χ0n) is 7.34. The Kier molecular flexibility index (Phi) is 3.90. The summed E-state index contributed by atoms with van der Waals surface area (Å²) in [5, 5.41) is 0. The Morgan fingerprint density at radius 2 is 1.71 bits per heavy atom. The Labute approximate surface area is 79.3 Å². The number of hydrogen-bond donors (Lipinski definition) is 2. The van der Waals surface area contributed by atoms with Crippen LogP contribution in [0.5, 0.6) is 0 Å². The van der Waals surface area contributed by atoms with Crippen molar-refractivity contribution in [3.05, 3.63) is 0 Å². The highest BCUT2D eigenvalue weighted by Crippen LogP contribution is 2.27. The summed E-state index contributed by atoms with van der Waals surface area (Å²) in [5.41, 5.74) is 4.46. The predicted molar refractivity (Wildman–Crippen MR) is 42.1 cm³/mol. The quantitative estimate of drug-likeness (QED) is 0.413. The van der Waals surface area contributed by atoms with Crippen LogP contribution in [0, 0.1) is 0 Å². The standard InChI is InChI=1S/C5H11F3N2O3S/c1-2-3-4(9,10)13-14(11,12)5(6,7)8/h2-3,9-10H2,1H3. The van der Waals surface area contributed by atoms with Crippen molar-refractivity contribution in [1.82, 2.24) is 0 Å². The molecule has 0 saturated heterocycles. The second kappa shape index (κ2) is 4.01. The van der Waals surface area contributed by atoms with Gasteiger partial charge in [0.25, 0.3) is 0 Å². The molecule has 0 aromatic carbocycles. The number of nitrogens with two attached hydrogens (primary N) is 2. The van der Waals surface area contributed by atoms with Gasteiger partial charge in [0.1, 0.15) is 0 Å². The molecule has 0 atom stereocenters. The number of alkyl halides is 3. The monoisotopic (exact) mass is 236 g/mol. The molecule has 0 heterocycles. The fourth-order valence-corrected chi connectivity index (χ4v) is 1.27. The van der Waals surface area contributed by atoms with Gasteiger partial charge in [-0.1, -0.05) is 13.3 Å². The lowest BCUT2D eigenvalue weighted by molar-refractivity contribution is -0.0655. The maximum Gasteiger partial charge on any atom is 0.523 e. The van der Waals surface area contributed by atoms with Gasteiger partial charge in [0.15, 0.2) is 5.85 Å². The summed E-state index contributed by atoms with van der Waals surface area (Å²) in [6.45, 7) is 1.57. The highest BCUT2D eigenvalue weighted by molar-refractivity contribution is 7.87. The van der Waals surface area contributed by atoms with Crippen molar-refractivity contribution in [1.29, 1.82) is 0 Å². The Bertz CT molecular complexity index is 285. The van der Waals surface area contributed by atoms with Crippen LogP contribution in [0.3, 0.4) is 0 Å². The van der Waals surface area contributed by atoms with Crippen molar-refractivity contribution in [3.8, 4) is 0 Å². The van der Waals surface area contributed by atoms with E-state index in [1.54, 1.807) is 6.92 Å². The van der Waals surface area contributed by atoms with E-state index in [1.807, 2.05) is 0 Å². The van der Waals surface area contributed by atoms with Gasteiger partial charge >= 0.3 is 15.6 Å². The highest BCUT2D eigenvalue weighted by Gasteiger charge is 2.50. The lowest BCUT2D eigenvalue weighted by Gasteiger charge is -2.23. The maximum atomic E-state index is 11.8. The van der Waals surface area contributed by atoms with Gasteiger partial charge in [0, 0.05) is 6.42 Å². The third-order valence-corrected chi connectivity index (χ3v) is 2.29. The molecular formula is C5H11F3N2O3S. The minimum atomic E-state index is -5.73. The third kappa shape index (κ3) is 3.78. The van der Waals surface area contributed by atoms with Crippen LogP contribution >= 0.6 is 0 Å². The summed E-state index contributed by atoms with van der Waals surface area (Å²) in [4.78, 5) is 0. The molecule has 0 aromatic heterocycles. The molecule has 9 heteroatoms. The molecule has 0 spiro atoms. The van der Waals surface area contributed by atoms with Crippen molar-refractivity contribution in [2.45, 2.75) is 31.1 Å². The average molecular weight is 236 g/mol. The first-order chi connectivity index (χ1) is 6.02. The molecule has 0 saturated carbocycles. The second-order valence-electron chi connectivity index (χ2n) is 2.69. The van der Waals surface area contributed by atoms with E-state index in [9.17, 15) is 21.6 Å². The fraction of sp³-hybridized carbons (Fsp3) is 1.00. The van der Waals surface area contributed by atoms with E-state index >= 15 is 0 Å². The zero-order chi connectivity index (χ0) is 11.6. The highest BCUT2D eigenvalue weighted by atomic mass is 32.2. The van der Waals surface area contributed by atoms with Gasteiger partial charge in [-0.25, -0.2) is 4.18 Å². The maximum absolute atomic E-state index is 11.8. The van der Waals surface area contributed by atoms with Crippen molar-refractivity contribution in [2.75, 3.05) is 0 Å². The summed E-state index contributed by atoms with van der Waals surface area (Å²) in [5.74, 6) is -2.32. The molecule has 0 fully saturated rings. The second-order valence-corrected chi connectivity index (χ2v) is 4.23. The van der Waals surface area contributed by atoms with Crippen molar-refractivity contribution < 1.29 is 25.8 Å². The van der Waals surface area contributed by atoms with Gasteiger partial charge in [-0.3, -0.25) is 11.5 Å². The van der Waals surface area contributed by atoms with E-state index in [1.165, 1.54) is 0 Å². The van der Waals surface area contributed by atoms with Gasteiger partial charge < -0.3 is 0 Å². The van der Waals surface area contributed by atoms with Crippen LogP contribution < -0.4 is 11.5 Å². The van der Waals surface area contributed by atoms with Crippen molar-refractivity contribution in [3.63, 3.8) is 0 Å². The Balaban J connectivity index is 4.69. The number of rotatable bonds is 4. The molecule has 0 bridgehead atoms. The molecule has 0 aliphatic rings. The van der Waals surface area contributed by atoms with Crippen LogP contribution in [0.1, 0.15) is 19.8 Å². The number of halogens is 3. The van der Waals surface area contributed by atoms with Crippen LogP contribution in [0.2, 0.25) is 0 Å². The van der Waals surface area contributed by atoms with Crippen LogP contribution in [0.15, 0.2) is 0 Å². The fourth-order valence-electron chi connectivity index (χ4n) is 0.684. The molecule has 0 radical (unpaired) electrons. The first kappa shape index (κ1) is 13.6. The molecular weight excluding hydrogens is 225 g/mol. The first-order valence-corrected chi connectivity index (χ1v) is 5.02. The van der Waals surface area contributed by atoms with Gasteiger partial charge in [0.2, 0.25) is 0 Å². The van der Waals surface area contributed by atoms with Crippen molar-refractivity contribution >= 4 is 10.1 Å². The van der Waals surface area contributed by atoms with E-state index < -0.39 is 21.5 Å². The summed E-state index contributed by atoms with van der Waals surface area (Å²) < 4.78 is 59.8. The van der Waals surface area contributed by atoms with Crippen LogP contribution in [-0.2, 0) is 14.3 Å². The molecule has 0 rings (SSSR count). The minimum Gasteiger partial charge on any atom is -0.290 e. The van der Waals surface area contributed by atoms with Gasteiger partial charge in [-0.15, -0.1) is 0 Å². The molecule has 0 unspecified atom stereocenters. The van der Waals surface area contributed by atoms with E-state index in [-0.39, 0.29) is 6.42 Å². The molecule has 86 valence electrons. The predicted octanol–water partition coefficient (Wildman–Crippen LogP) is 0.224. The van der Waals surface area contributed by atoms with Gasteiger partial charge in [-0.05, 0) is 0 Å². The first-order valence-electron chi connectivity index (χ1n) is 3.61. The Hall–Kier alpha value is -0.380. The van der Waals surface area contributed by atoms with E-state index in [2.05, 4.69) is 4.18 Å². The van der Waals surface area contributed by atoms with Crippen molar-refractivity contribution in [2.24, 2.45) is 11.5 Å². The minimum absolute atomic E-state index is 0.206. The SMILES string of the molecule is CCCC(N)(N)OS(=O)(=O)C(F)(F)F. The smallest absolute Gasteiger partial charge is 0.290 e. The van der Waals surface area contributed by atoms with Gasteiger partial charge in [-0.2, -0.15) is 21.6 Å². The molecule has 5 nitrogen and oxygen atoms in total. The topological polar surface area (TPSA) is 95.4 Å². The molecule has 0 amide bonds. The average Bonchev–Trinajstić information content (AvgIpc) is 1.80. The lowest BCUT2D eigenvalue weighted by Crippen LogP contribution is -2.54. The van der Waals surface area contributed by atoms with E-state index in [0.717, 1.165) is 0 Å². The normalized spacial score (nSPS) is 14.4. The summed E-state index contributed by atoms with van der Waals surface area (Å²) in [6, 6.07) is 0. The summed E-state index contributed by atoms with van der Waals surface area (Å²) >= 11 is 0. The zero-order valence-corrected chi connectivity index (χ0v) is 8.15. The Morgan fingerprint density at radius 3 is 2.00 bits per heavy atom. The van der Waals surface area contributed by atoms with Crippen LogP contribution in [0.4, 0.5) is 13.2 Å². The lowest BCUT2D eigenvalue weighted by atomic mass is 10.2. The van der Waals surface area contributed by atoms with E-state index in [4.69, 9.17) is 11.5 Å². The summed E-state index contributed by atoms with van der Waals surface area (Å²) in [6.07, 6.45) is 0.0860. The van der Waals surface area contributed by atoms with Crippen LogP contribution in [0.25, 0.3) is 0 Å². The summed E-state index contributed by atoms with van der Waals surface area (Å²) in [7, 11) is -5.73.